The predicted octanol–water partition coefficient (Wildman–Crippen LogP) is 3.04. The summed E-state index contributed by atoms with van der Waals surface area (Å²) in [5.41, 5.74) is 3.25. The topological polar surface area (TPSA) is 38.4 Å². The van der Waals surface area contributed by atoms with Crippen LogP contribution in [0.5, 0.6) is 0 Å². The van der Waals surface area contributed by atoms with Gasteiger partial charge in [0.2, 0.25) is 0 Å². The molecule has 0 radical (unpaired) electrons. The first-order valence-corrected chi connectivity index (χ1v) is 7.19. The van der Waals surface area contributed by atoms with Crippen LogP contribution in [0.15, 0.2) is 41.4 Å². The van der Waals surface area contributed by atoms with Crippen molar-refractivity contribution in [1.82, 2.24) is 24.3 Å². The van der Waals surface area contributed by atoms with Crippen molar-refractivity contribution in [3.63, 3.8) is 0 Å². The van der Waals surface area contributed by atoms with E-state index in [9.17, 15) is 0 Å². The molecule has 0 bridgehead atoms. The fourth-order valence-electron chi connectivity index (χ4n) is 2.05. The summed E-state index contributed by atoms with van der Waals surface area (Å²) in [5, 5.41) is 8.74. The molecule has 0 spiro atoms. The summed E-state index contributed by atoms with van der Waals surface area (Å²) in [6.45, 7) is 2.12. The first-order chi connectivity index (χ1) is 9.56. The molecule has 3 heterocycles. The maximum atomic E-state index is 4.44. The number of halogens is 1. The molecule has 104 valence electrons. The van der Waals surface area contributed by atoms with Crippen molar-refractivity contribution < 1.29 is 0 Å². The van der Waals surface area contributed by atoms with Crippen LogP contribution in [0.3, 0.4) is 0 Å². The van der Waals surface area contributed by atoms with Crippen molar-refractivity contribution in [2.45, 2.75) is 13.1 Å². The third-order valence-electron chi connectivity index (χ3n) is 3.53. The van der Waals surface area contributed by atoms with E-state index in [-0.39, 0.29) is 6.17 Å². The van der Waals surface area contributed by atoms with Gasteiger partial charge < -0.3 is 0 Å². The summed E-state index contributed by atoms with van der Waals surface area (Å²) in [5.74, 6) is 0. The number of fused-ring (bicyclic) bond motifs is 1. The van der Waals surface area contributed by atoms with Gasteiger partial charge in [-0.15, -0.1) is 0 Å². The first-order valence-electron chi connectivity index (χ1n) is 6.40. The van der Waals surface area contributed by atoms with Crippen molar-refractivity contribution in [3.05, 3.63) is 41.4 Å². The number of rotatable bonds is 3. The molecule has 6 heteroatoms. The van der Waals surface area contributed by atoms with Gasteiger partial charge in [0.15, 0.2) is 0 Å². The van der Waals surface area contributed by atoms with Gasteiger partial charge in [0.05, 0.1) is 22.4 Å². The summed E-state index contributed by atoms with van der Waals surface area (Å²) in [6.07, 6.45) is 7.99. The summed E-state index contributed by atoms with van der Waals surface area (Å²) in [6, 6.07) is 4.14. The zero-order valence-corrected chi connectivity index (χ0v) is 13.2. The Kier molecular flexibility index (Phi) is 3.35. The maximum Gasteiger partial charge on any atom is 0.100 e. The van der Waals surface area contributed by atoms with Crippen LogP contribution >= 0.6 is 15.9 Å². The molecule has 1 unspecified atom stereocenters. The first kappa shape index (κ1) is 13.3. The number of nitrogens with zero attached hydrogens (tertiary/aromatic N) is 5. The molecule has 0 saturated carbocycles. The van der Waals surface area contributed by atoms with E-state index in [0.29, 0.717) is 0 Å². The molecule has 3 aromatic heterocycles. The van der Waals surface area contributed by atoms with E-state index in [0.717, 1.165) is 21.1 Å². The average molecular weight is 334 g/mol. The Morgan fingerprint density at radius 1 is 1.10 bits per heavy atom. The molecule has 0 saturated heterocycles. The van der Waals surface area contributed by atoms with Gasteiger partial charge in [-0.25, -0.2) is 4.52 Å². The van der Waals surface area contributed by atoms with Crippen LogP contribution in [-0.2, 0) is 0 Å². The van der Waals surface area contributed by atoms with Gasteiger partial charge in [-0.2, -0.15) is 10.2 Å². The Morgan fingerprint density at radius 3 is 2.65 bits per heavy atom. The van der Waals surface area contributed by atoms with Crippen LogP contribution in [0.2, 0.25) is 0 Å². The van der Waals surface area contributed by atoms with Gasteiger partial charge >= 0.3 is 0 Å². The monoisotopic (exact) mass is 333 g/mol. The van der Waals surface area contributed by atoms with Crippen molar-refractivity contribution in [2.24, 2.45) is 0 Å². The average Bonchev–Trinajstić information content (AvgIpc) is 3.05. The second-order valence-corrected chi connectivity index (χ2v) is 5.90. The highest BCUT2D eigenvalue weighted by molar-refractivity contribution is 9.10. The zero-order valence-electron chi connectivity index (χ0n) is 11.7. The fraction of sp³-hybridized carbons (Fsp3) is 0.286. The summed E-state index contributed by atoms with van der Waals surface area (Å²) in [7, 11) is 4.08. The van der Waals surface area contributed by atoms with Gasteiger partial charge in [-0.05, 0) is 43.0 Å². The van der Waals surface area contributed by atoms with Crippen LogP contribution in [0, 0.1) is 0 Å². The molecular weight excluding hydrogens is 318 g/mol. The quantitative estimate of drug-likeness (QED) is 0.739. The van der Waals surface area contributed by atoms with Gasteiger partial charge in [0.1, 0.15) is 6.17 Å². The Balaban J connectivity index is 1.98. The second kappa shape index (κ2) is 5.03. The number of hydrogen-bond donors (Lipinski definition) is 0. The van der Waals surface area contributed by atoms with E-state index >= 15 is 0 Å². The minimum atomic E-state index is 0.228. The van der Waals surface area contributed by atoms with E-state index in [2.05, 4.69) is 56.3 Å². The minimum Gasteiger partial charge on any atom is -0.288 e. The molecular formula is C14H16BrN5. The SMILES string of the molecule is CC(N(C)C)n1cc(-c2ccc3c(Br)cnn3c2)cn1. The summed E-state index contributed by atoms with van der Waals surface area (Å²) >= 11 is 3.48. The van der Waals surface area contributed by atoms with Crippen LogP contribution in [0.1, 0.15) is 13.1 Å². The van der Waals surface area contributed by atoms with Crippen molar-refractivity contribution in [2.75, 3.05) is 14.1 Å². The van der Waals surface area contributed by atoms with Gasteiger partial charge in [-0.1, -0.05) is 6.07 Å². The lowest BCUT2D eigenvalue weighted by Gasteiger charge is -2.19. The zero-order chi connectivity index (χ0) is 14.3. The Morgan fingerprint density at radius 2 is 1.90 bits per heavy atom. The maximum absolute atomic E-state index is 4.44. The normalized spacial score (nSPS) is 13.2. The largest absolute Gasteiger partial charge is 0.288 e. The van der Waals surface area contributed by atoms with Crippen LogP contribution in [0.25, 0.3) is 16.6 Å². The van der Waals surface area contributed by atoms with Gasteiger partial charge in [0.25, 0.3) is 0 Å². The molecule has 5 nitrogen and oxygen atoms in total. The Hall–Kier alpha value is -1.66. The van der Waals surface area contributed by atoms with Crippen molar-refractivity contribution >= 4 is 21.4 Å². The minimum absolute atomic E-state index is 0.228. The van der Waals surface area contributed by atoms with Crippen molar-refractivity contribution in [1.29, 1.82) is 0 Å². The number of hydrogen-bond acceptors (Lipinski definition) is 3. The van der Waals surface area contributed by atoms with Crippen molar-refractivity contribution in [3.8, 4) is 11.1 Å². The molecule has 0 aliphatic rings. The Labute approximate surface area is 125 Å². The summed E-state index contributed by atoms with van der Waals surface area (Å²) < 4.78 is 4.82. The van der Waals surface area contributed by atoms with E-state index in [1.807, 2.05) is 35.7 Å². The third-order valence-corrected chi connectivity index (χ3v) is 4.15. The molecule has 0 aliphatic heterocycles. The molecule has 0 N–H and O–H groups in total. The lowest BCUT2D eigenvalue weighted by molar-refractivity contribution is 0.220. The number of aromatic nitrogens is 4. The standard InChI is InChI=1S/C14H16BrN5/c1-10(18(2)3)19-9-12(6-16-19)11-4-5-14-13(15)7-17-20(14)8-11/h4-10H,1-3H3. The van der Waals surface area contributed by atoms with Crippen LogP contribution < -0.4 is 0 Å². The fourth-order valence-corrected chi connectivity index (χ4v) is 2.46. The third kappa shape index (κ3) is 2.25. The molecule has 0 amide bonds. The van der Waals surface area contributed by atoms with E-state index in [1.54, 1.807) is 6.20 Å². The lowest BCUT2D eigenvalue weighted by Crippen LogP contribution is -2.23. The number of pyridine rings is 1. The molecule has 3 rings (SSSR count). The highest BCUT2D eigenvalue weighted by atomic mass is 79.9. The van der Waals surface area contributed by atoms with E-state index < -0.39 is 0 Å². The molecule has 0 fully saturated rings. The van der Waals surface area contributed by atoms with E-state index in [4.69, 9.17) is 0 Å². The molecule has 1 atom stereocenters. The van der Waals surface area contributed by atoms with Crippen LogP contribution in [-0.4, -0.2) is 38.4 Å². The second-order valence-electron chi connectivity index (χ2n) is 5.04. The van der Waals surface area contributed by atoms with Crippen LogP contribution in [0.4, 0.5) is 0 Å². The predicted molar refractivity (Wildman–Crippen MR) is 82.5 cm³/mol. The highest BCUT2D eigenvalue weighted by Gasteiger charge is 2.10. The Bertz CT molecular complexity index is 743. The van der Waals surface area contributed by atoms with Gasteiger partial charge in [0, 0.05) is 23.5 Å². The molecule has 0 aliphatic carbocycles. The lowest BCUT2D eigenvalue weighted by atomic mass is 10.1. The smallest absolute Gasteiger partial charge is 0.100 e. The molecule has 20 heavy (non-hydrogen) atoms. The highest BCUT2D eigenvalue weighted by Crippen LogP contribution is 2.24. The van der Waals surface area contributed by atoms with E-state index in [1.165, 1.54) is 0 Å². The molecule has 0 aromatic carbocycles. The van der Waals surface area contributed by atoms with Gasteiger partial charge in [-0.3, -0.25) is 9.58 Å². The summed E-state index contributed by atoms with van der Waals surface area (Å²) in [4.78, 5) is 2.12. The molecule has 3 aromatic rings.